The SMILES string of the molecule is CCNc1nc(NC2CC2(C)C)c2[nH]cnc2n1. The first-order valence-corrected chi connectivity index (χ1v) is 6.31. The van der Waals surface area contributed by atoms with E-state index in [0.29, 0.717) is 23.1 Å². The lowest BCUT2D eigenvalue weighted by atomic mass is 10.2. The van der Waals surface area contributed by atoms with Gasteiger partial charge in [-0.15, -0.1) is 0 Å². The van der Waals surface area contributed by atoms with Gasteiger partial charge in [0.2, 0.25) is 5.95 Å². The minimum atomic E-state index is 0.357. The number of aromatic amines is 1. The van der Waals surface area contributed by atoms with Gasteiger partial charge >= 0.3 is 0 Å². The lowest BCUT2D eigenvalue weighted by Gasteiger charge is -2.09. The predicted molar refractivity (Wildman–Crippen MR) is 71.7 cm³/mol. The number of fused-ring (bicyclic) bond motifs is 1. The summed E-state index contributed by atoms with van der Waals surface area (Å²) in [6.07, 6.45) is 2.82. The molecular formula is C12H18N6. The number of H-pyrrole nitrogens is 1. The van der Waals surface area contributed by atoms with Crippen molar-refractivity contribution in [1.29, 1.82) is 0 Å². The molecule has 1 atom stereocenters. The topological polar surface area (TPSA) is 78.5 Å². The Balaban J connectivity index is 1.95. The zero-order valence-corrected chi connectivity index (χ0v) is 10.9. The molecule has 2 aromatic rings. The van der Waals surface area contributed by atoms with Gasteiger partial charge in [-0.3, -0.25) is 0 Å². The molecule has 1 aliphatic carbocycles. The highest BCUT2D eigenvalue weighted by atomic mass is 15.2. The molecule has 0 amide bonds. The molecule has 0 radical (unpaired) electrons. The van der Waals surface area contributed by atoms with Crippen LogP contribution in [0.1, 0.15) is 27.2 Å². The maximum atomic E-state index is 4.50. The van der Waals surface area contributed by atoms with Gasteiger partial charge in [-0.05, 0) is 18.8 Å². The molecule has 1 fully saturated rings. The van der Waals surface area contributed by atoms with Crippen molar-refractivity contribution in [1.82, 2.24) is 19.9 Å². The van der Waals surface area contributed by atoms with Crippen LogP contribution in [-0.4, -0.2) is 32.5 Å². The molecule has 6 nitrogen and oxygen atoms in total. The van der Waals surface area contributed by atoms with Gasteiger partial charge in [0.05, 0.1) is 6.33 Å². The highest BCUT2D eigenvalue weighted by Gasteiger charge is 2.46. The van der Waals surface area contributed by atoms with Crippen molar-refractivity contribution >= 4 is 22.9 Å². The molecule has 1 aliphatic rings. The number of rotatable bonds is 4. The van der Waals surface area contributed by atoms with Gasteiger partial charge in [0.1, 0.15) is 5.52 Å². The second kappa shape index (κ2) is 3.83. The second-order valence-electron chi connectivity index (χ2n) is 5.42. The van der Waals surface area contributed by atoms with Crippen LogP contribution in [-0.2, 0) is 0 Å². The van der Waals surface area contributed by atoms with E-state index in [-0.39, 0.29) is 0 Å². The number of hydrogen-bond acceptors (Lipinski definition) is 5. The van der Waals surface area contributed by atoms with Crippen LogP contribution in [0.4, 0.5) is 11.8 Å². The fraction of sp³-hybridized carbons (Fsp3) is 0.583. The molecule has 2 aromatic heterocycles. The molecule has 1 saturated carbocycles. The van der Waals surface area contributed by atoms with E-state index in [2.05, 4.69) is 44.4 Å². The van der Waals surface area contributed by atoms with E-state index in [1.54, 1.807) is 6.33 Å². The van der Waals surface area contributed by atoms with Crippen molar-refractivity contribution in [2.24, 2.45) is 5.41 Å². The zero-order chi connectivity index (χ0) is 12.8. The van der Waals surface area contributed by atoms with Crippen LogP contribution in [0, 0.1) is 5.41 Å². The Morgan fingerprint density at radius 3 is 2.89 bits per heavy atom. The van der Waals surface area contributed by atoms with Crippen LogP contribution in [0.3, 0.4) is 0 Å². The Kier molecular flexibility index (Phi) is 2.39. The van der Waals surface area contributed by atoms with Crippen molar-refractivity contribution in [2.45, 2.75) is 33.2 Å². The number of anilines is 2. The van der Waals surface area contributed by atoms with Gasteiger partial charge in [0, 0.05) is 12.6 Å². The predicted octanol–water partition coefficient (Wildman–Crippen LogP) is 2.00. The van der Waals surface area contributed by atoms with Crippen LogP contribution in [0.25, 0.3) is 11.2 Å². The maximum absolute atomic E-state index is 4.50. The van der Waals surface area contributed by atoms with Crippen molar-refractivity contribution in [3.63, 3.8) is 0 Å². The first-order valence-electron chi connectivity index (χ1n) is 6.31. The third-order valence-electron chi connectivity index (χ3n) is 3.44. The first-order chi connectivity index (χ1) is 8.60. The van der Waals surface area contributed by atoms with E-state index in [4.69, 9.17) is 0 Å². The average Bonchev–Trinajstić information content (AvgIpc) is 2.75. The monoisotopic (exact) mass is 246 g/mol. The van der Waals surface area contributed by atoms with E-state index in [0.717, 1.165) is 17.9 Å². The summed E-state index contributed by atoms with van der Waals surface area (Å²) in [7, 11) is 0. The quantitative estimate of drug-likeness (QED) is 0.769. The van der Waals surface area contributed by atoms with E-state index in [9.17, 15) is 0 Å². The van der Waals surface area contributed by atoms with Crippen molar-refractivity contribution < 1.29 is 0 Å². The average molecular weight is 246 g/mol. The minimum absolute atomic E-state index is 0.357. The number of aromatic nitrogens is 4. The van der Waals surface area contributed by atoms with E-state index in [1.165, 1.54) is 6.42 Å². The van der Waals surface area contributed by atoms with E-state index in [1.807, 2.05) is 6.92 Å². The molecule has 2 heterocycles. The molecule has 0 bridgehead atoms. The van der Waals surface area contributed by atoms with E-state index < -0.39 is 0 Å². The van der Waals surface area contributed by atoms with Gasteiger partial charge in [-0.1, -0.05) is 13.8 Å². The van der Waals surface area contributed by atoms with Crippen LogP contribution in [0.2, 0.25) is 0 Å². The Bertz CT molecular complexity index is 573. The number of nitrogens with zero attached hydrogens (tertiary/aromatic N) is 3. The molecular weight excluding hydrogens is 228 g/mol. The Hall–Kier alpha value is -1.85. The maximum Gasteiger partial charge on any atom is 0.226 e. The molecule has 96 valence electrons. The number of imidazole rings is 1. The van der Waals surface area contributed by atoms with Gasteiger partial charge in [0.15, 0.2) is 11.5 Å². The summed E-state index contributed by atoms with van der Waals surface area (Å²) in [5.74, 6) is 1.46. The molecule has 1 unspecified atom stereocenters. The fourth-order valence-electron chi connectivity index (χ4n) is 2.05. The lowest BCUT2D eigenvalue weighted by Crippen LogP contribution is -2.12. The Morgan fingerprint density at radius 2 is 2.22 bits per heavy atom. The third kappa shape index (κ3) is 1.87. The summed E-state index contributed by atoms with van der Waals surface area (Å²) < 4.78 is 0. The highest BCUT2D eigenvalue weighted by molar-refractivity contribution is 5.84. The summed E-state index contributed by atoms with van der Waals surface area (Å²) in [6.45, 7) is 7.32. The van der Waals surface area contributed by atoms with Crippen LogP contribution >= 0.6 is 0 Å². The van der Waals surface area contributed by atoms with Gasteiger partial charge < -0.3 is 15.6 Å². The molecule has 0 aromatic carbocycles. The van der Waals surface area contributed by atoms with Crippen LogP contribution < -0.4 is 10.6 Å². The van der Waals surface area contributed by atoms with Crippen LogP contribution in [0.15, 0.2) is 6.33 Å². The summed E-state index contributed by atoms with van der Waals surface area (Å²) in [6, 6.07) is 0.480. The lowest BCUT2D eigenvalue weighted by molar-refractivity contribution is 0.630. The first kappa shape index (κ1) is 11.3. The minimum Gasteiger partial charge on any atom is -0.365 e. The summed E-state index contributed by atoms with van der Waals surface area (Å²) in [5, 5.41) is 6.60. The van der Waals surface area contributed by atoms with Gasteiger partial charge in [-0.25, -0.2) is 4.98 Å². The van der Waals surface area contributed by atoms with Gasteiger partial charge in [-0.2, -0.15) is 9.97 Å². The summed E-state index contributed by atoms with van der Waals surface area (Å²) >= 11 is 0. The molecule has 18 heavy (non-hydrogen) atoms. The fourth-order valence-corrected chi connectivity index (χ4v) is 2.05. The summed E-state index contributed by atoms with van der Waals surface area (Å²) in [4.78, 5) is 16.1. The smallest absolute Gasteiger partial charge is 0.226 e. The number of hydrogen-bond donors (Lipinski definition) is 3. The van der Waals surface area contributed by atoms with E-state index >= 15 is 0 Å². The highest BCUT2D eigenvalue weighted by Crippen LogP contribution is 2.46. The van der Waals surface area contributed by atoms with Gasteiger partial charge in [0.25, 0.3) is 0 Å². The molecule has 3 N–H and O–H groups in total. The zero-order valence-electron chi connectivity index (χ0n) is 10.9. The van der Waals surface area contributed by atoms with Crippen LogP contribution in [0.5, 0.6) is 0 Å². The molecule has 3 rings (SSSR count). The second-order valence-corrected chi connectivity index (χ2v) is 5.42. The molecule has 0 spiro atoms. The molecule has 6 heteroatoms. The molecule has 0 aliphatic heterocycles. The Labute approximate surface area is 106 Å². The third-order valence-corrected chi connectivity index (χ3v) is 3.44. The Morgan fingerprint density at radius 1 is 1.44 bits per heavy atom. The van der Waals surface area contributed by atoms with Crippen molar-refractivity contribution in [3.05, 3.63) is 6.33 Å². The number of nitrogens with one attached hydrogen (secondary N) is 3. The standard InChI is InChI=1S/C12H18N6/c1-4-13-11-17-9-8(14-6-15-9)10(18-11)16-7-5-12(7,2)3/h6-7H,4-5H2,1-3H3,(H3,13,14,15,16,17,18). The normalized spacial score (nSPS) is 20.9. The summed E-state index contributed by atoms with van der Waals surface area (Å²) in [5.41, 5.74) is 1.93. The van der Waals surface area contributed by atoms with Crippen molar-refractivity contribution in [2.75, 3.05) is 17.2 Å². The molecule has 0 saturated heterocycles. The van der Waals surface area contributed by atoms with Crippen molar-refractivity contribution in [3.8, 4) is 0 Å². The largest absolute Gasteiger partial charge is 0.365 e.